The van der Waals surface area contributed by atoms with E-state index in [9.17, 15) is 4.79 Å². The quantitative estimate of drug-likeness (QED) is 0.837. The third-order valence-corrected chi connectivity index (χ3v) is 4.55. The van der Waals surface area contributed by atoms with Gasteiger partial charge in [-0.25, -0.2) is 4.79 Å². The number of hydrogen-bond donors (Lipinski definition) is 1. The molecule has 0 bridgehead atoms. The maximum Gasteiger partial charge on any atom is 0.317 e. The van der Waals surface area contributed by atoms with Crippen LogP contribution in [-0.2, 0) is 4.74 Å². The van der Waals surface area contributed by atoms with Crippen LogP contribution in [0.4, 0.5) is 4.79 Å². The number of methoxy groups -OCH3 is 1. The van der Waals surface area contributed by atoms with Crippen LogP contribution in [0.3, 0.4) is 0 Å². The Hall–Kier alpha value is -0.770. The standard InChI is InChI=1S/C14H26N2O2/c1-10(11-8-9-11)16(2)14(17)15-12-6-4-5-7-13(12)18-3/h10-13H,4-9H2,1-3H3,(H,15,17)/t10-,12-,13+/m0/s1. The molecule has 104 valence electrons. The summed E-state index contributed by atoms with van der Waals surface area (Å²) in [4.78, 5) is 14.1. The van der Waals surface area contributed by atoms with Crippen molar-refractivity contribution in [3.05, 3.63) is 0 Å². The Labute approximate surface area is 110 Å². The molecule has 4 heteroatoms. The number of nitrogens with zero attached hydrogens (tertiary/aromatic N) is 1. The van der Waals surface area contributed by atoms with Gasteiger partial charge in [-0.1, -0.05) is 12.8 Å². The largest absolute Gasteiger partial charge is 0.379 e. The summed E-state index contributed by atoms with van der Waals surface area (Å²) < 4.78 is 5.47. The van der Waals surface area contributed by atoms with E-state index >= 15 is 0 Å². The Bertz CT molecular complexity index is 292. The molecule has 0 heterocycles. The molecule has 0 spiro atoms. The van der Waals surface area contributed by atoms with Gasteiger partial charge in [0.15, 0.2) is 0 Å². The zero-order chi connectivity index (χ0) is 13.1. The van der Waals surface area contributed by atoms with E-state index in [0.29, 0.717) is 12.0 Å². The Morgan fingerprint density at radius 3 is 2.56 bits per heavy atom. The summed E-state index contributed by atoms with van der Waals surface area (Å²) in [6, 6.07) is 0.600. The zero-order valence-electron chi connectivity index (χ0n) is 11.8. The Kier molecular flexibility index (Phi) is 4.49. The second-order valence-electron chi connectivity index (χ2n) is 5.80. The fraction of sp³-hybridized carbons (Fsp3) is 0.929. The van der Waals surface area contributed by atoms with Gasteiger partial charge in [-0.05, 0) is 38.5 Å². The summed E-state index contributed by atoms with van der Waals surface area (Å²) in [5.41, 5.74) is 0. The number of nitrogens with one attached hydrogen (secondary N) is 1. The number of ether oxygens (including phenoxy) is 1. The van der Waals surface area contributed by atoms with Crippen LogP contribution in [0.2, 0.25) is 0 Å². The summed E-state index contributed by atoms with van der Waals surface area (Å²) in [7, 11) is 3.65. The highest BCUT2D eigenvalue weighted by molar-refractivity contribution is 5.74. The molecule has 0 radical (unpaired) electrons. The summed E-state index contributed by atoms with van der Waals surface area (Å²) in [5, 5.41) is 3.15. The second-order valence-corrected chi connectivity index (χ2v) is 5.80. The third-order valence-electron chi connectivity index (χ3n) is 4.55. The first kappa shape index (κ1) is 13.7. The molecule has 2 saturated carbocycles. The molecular weight excluding hydrogens is 228 g/mol. The molecule has 0 unspecified atom stereocenters. The van der Waals surface area contributed by atoms with Crippen molar-refractivity contribution in [1.29, 1.82) is 0 Å². The third kappa shape index (κ3) is 3.16. The number of rotatable bonds is 4. The highest BCUT2D eigenvalue weighted by Gasteiger charge is 2.34. The minimum atomic E-state index is 0.0587. The normalized spacial score (nSPS) is 29.7. The lowest BCUT2D eigenvalue weighted by molar-refractivity contribution is 0.0427. The summed E-state index contributed by atoms with van der Waals surface area (Å²) in [6.07, 6.45) is 7.21. The number of amides is 2. The lowest BCUT2D eigenvalue weighted by Gasteiger charge is -2.34. The molecule has 0 aliphatic heterocycles. The molecule has 2 fully saturated rings. The van der Waals surface area contributed by atoms with Gasteiger partial charge in [0.25, 0.3) is 0 Å². The Morgan fingerprint density at radius 2 is 1.94 bits per heavy atom. The molecule has 2 rings (SSSR count). The summed E-state index contributed by atoms with van der Waals surface area (Å²) >= 11 is 0. The van der Waals surface area contributed by atoms with Crippen LogP contribution in [-0.4, -0.2) is 43.3 Å². The minimum absolute atomic E-state index is 0.0587. The average molecular weight is 254 g/mol. The molecule has 4 nitrogen and oxygen atoms in total. The first-order valence-corrected chi connectivity index (χ1v) is 7.19. The molecule has 18 heavy (non-hydrogen) atoms. The van der Waals surface area contributed by atoms with Crippen LogP contribution < -0.4 is 5.32 Å². The van der Waals surface area contributed by atoms with E-state index in [1.54, 1.807) is 7.11 Å². The Morgan fingerprint density at radius 1 is 1.28 bits per heavy atom. The van der Waals surface area contributed by atoms with Gasteiger partial charge < -0.3 is 15.0 Å². The molecule has 0 aromatic carbocycles. The molecule has 3 atom stereocenters. The van der Waals surface area contributed by atoms with Crippen LogP contribution in [0, 0.1) is 5.92 Å². The number of hydrogen-bond acceptors (Lipinski definition) is 2. The highest BCUT2D eigenvalue weighted by atomic mass is 16.5. The van der Waals surface area contributed by atoms with Gasteiger partial charge in [-0.3, -0.25) is 0 Å². The molecule has 0 saturated heterocycles. The molecule has 2 aliphatic rings. The van der Waals surface area contributed by atoms with E-state index in [1.165, 1.54) is 25.7 Å². The monoisotopic (exact) mass is 254 g/mol. The summed E-state index contributed by atoms with van der Waals surface area (Å²) in [6.45, 7) is 2.14. The van der Waals surface area contributed by atoms with Crippen molar-refractivity contribution in [3.8, 4) is 0 Å². The van der Waals surface area contributed by atoms with Crippen LogP contribution in [0.15, 0.2) is 0 Å². The maximum atomic E-state index is 12.2. The van der Waals surface area contributed by atoms with Crippen molar-refractivity contribution in [2.75, 3.05) is 14.2 Å². The van der Waals surface area contributed by atoms with Gasteiger partial charge in [0.1, 0.15) is 0 Å². The van der Waals surface area contributed by atoms with Crippen LogP contribution in [0.25, 0.3) is 0 Å². The van der Waals surface area contributed by atoms with E-state index in [1.807, 2.05) is 11.9 Å². The van der Waals surface area contributed by atoms with Crippen LogP contribution >= 0.6 is 0 Å². The SMILES string of the molecule is CO[C@@H]1CCCC[C@@H]1NC(=O)N(C)[C@@H](C)C1CC1. The molecular formula is C14H26N2O2. The Balaban J connectivity index is 1.84. The van der Waals surface area contributed by atoms with E-state index in [4.69, 9.17) is 4.74 Å². The van der Waals surface area contributed by atoms with Crippen LogP contribution in [0.1, 0.15) is 45.4 Å². The maximum absolute atomic E-state index is 12.2. The molecule has 2 amide bonds. The van der Waals surface area contributed by atoms with Gasteiger partial charge in [0.05, 0.1) is 12.1 Å². The van der Waals surface area contributed by atoms with Gasteiger partial charge in [0.2, 0.25) is 0 Å². The van der Waals surface area contributed by atoms with Crippen molar-refractivity contribution >= 4 is 6.03 Å². The van der Waals surface area contributed by atoms with E-state index in [-0.39, 0.29) is 18.2 Å². The molecule has 2 aliphatic carbocycles. The zero-order valence-corrected chi connectivity index (χ0v) is 11.8. The minimum Gasteiger partial charge on any atom is -0.379 e. The van der Waals surface area contributed by atoms with E-state index < -0.39 is 0 Å². The predicted octanol–water partition coefficient (Wildman–Crippen LogP) is 2.38. The van der Waals surface area contributed by atoms with E-state index in [2.05, 4.69) is 12.2 Å². The fourth-order valence-corrected chi connectivity index (χ4v) is 2.88. The average Bonchev–Trinajstić information content (AvgIpc) is 3.22. The van der Waals surface area contributed by atoms with Gasteiger partial charge in [0, 0.05) is 20.2 Å². The predicted molar refractivity (Wildman–Crippen MR) is 71.5 cm³/mol. The lowest BCUT2D eigenvalue weighted by atomic mass is 9.92. The second kappa shape index (κ2) is 5.91. The van der Waals surface area contributed by atoms with Crippen molar-refractivity contribution in [3.63, 3.8) is 0 Å². The molecule has 0 aromatic rings. The smallest absolute Gasteiger partial charge is 0.317 e. The summed E-state index contributed by atoms with van der Waals surface area (Å²) in [5.74, 6) is 0.713. The molecule has 1 N–H and O–H groups in total. The van der Waals surface area contributed by atoms with Gasteiger partial charge in [-0.15, -0.1) is 0 Å². The van der Waals surface area contributed by atoms with Gasteiger partial charge in [-0.2, -0.15) is 0 Å². The molecule has 0 aromatic heterocycles. The first-order chi connectivity index (χ1) is 8.63. The highest BCUT2D eigenvalue weighted by Crippen LogP contribution is 2.34. The number of carbonyl (C=O) groups is 1. The van der Waals surface area contributed by atoms with Crippen molar-refractivity contribution in [2.45, 2.75) is 63.6 Å². The van der Waals surface area contributed by atoms with E-state index in [0.717, 1.165) is 12.8 Å². The first-order valence-electron chi connectivity index (χ1n) is 7.19. The fourth-order valence-electron chi connectivity index (χ4n) is 2.88. The van der Waals surface area contributed by atoms with Crippen molar-refractivity contribution < 1.29 is 9.53 Å². The number of urea groups is 1. The van der Waals surface area contributed by atoms with Crippen molar-refractivity contribution in [2.24, 2.45) is 5.92 Å². The van der Waals surface area contributed by atoms with Gasteiger partial charge >= 0.3 is 6.03 Å². The van der Waals surface area contributed by atoms with Crippen LogP contribution in [0.5, 0.6) is 0 Å². The number of carbonyl (C=O) groups excluding carboxylic acids is 1. The lowest BCUT2D eigenvalue weighted by Crippen LogP contribution is -2.52. The topological polar surface area (TPSA) is 41.6 Å². The van der Waals surface area contributed by atoms with Crippen molar-refractivity contribution in [1.82, 2.24) is 10.2 Å².